The topological polar surface area (TPSA) is 38.8 Å². The molecule has 1 aliphatic heterocycles. The smallest absolute Gasteiger partial charge is 0.260 e. The van der Waals surface area contributed by atoms with E-state index in [-0.39, 0.29) is 24.4 Å². The Bertz CT molecular complexity index is 424. The molecule has 1 atom stereocenters. The minimum absolute atomic E-state index is 0.0527. The zero-order valence-electron chi connectivity index (χ0n) is 10.3. The third kappa shape index (κ3) is 3.43. The highest BCUT2D eigenvalue weighted by atomic mass is 19.1. The van der Waals surface area contributed by atoms with Crippen molar-refractivity contribution >= 4 is 5.91 Å². The molecule has 0 bridgehead atoms. The summed E-state index contributed by atoms with van der Waals surface area (Å²) in [7, 11) is 0. The number of hydrogen-bond donors (Lipinski definition) is 0. The fraction of sp³-hybridized carbons (Fsp3) is 0.462. The van der Waals surface area contributed by atoms with Gasteiger partial charge in [0.25, 0.3) is 5.91 Å². The molecule has 2 rings (SSSR count). The Hall–Kier alpha value is -1.62. The molecule has 0 radical (unpaired) electrons. The van der Waals surface area contributed by atoms with Crippen molar-refractivity contribution in [3.05, 3.63) is 30.1 Å². The van der Waals surface area contributed by atoms with Crippen LogP contribution in [0.15, 0.2) is 24.3 Å². The second kappa shape index (κ2) is 5.82. The second-order valence-electron chi connectivity index (χ2n) is 4.27. The fourth-order valence-corrected chi connectivity index (χ4v) is 1.84. The quantitative estimate of drug-likeness (QED) is 0.818. The summed E-state index contributed by atoms with van der Waals surface area (Å²) in [4.78, 5) is 13.6. The molecule has 5 heteroatoms. The summed E-state index contributed by atoms with van der Waals surface area (Å²) >= 11 is 0. The molecule has 0 aliphatic carbocycles. The second-order valence-corrected chi connectivity index (χ2v) is 4.27. The van der Waals surface area contributed by atoms with Crippen LogP contribution in [0.2, 0.25) is 0 Å². The lowest BCUT2D eigenvalue weighted by molar-refractivity contribution is -0.140. The third-order valence-corrected chi connectivity index (χ3v) is 2.75. The van der Waals surface area contributed by atoms with Gasteiger partial charge in [0.15, 0.2) is 6.61 Å². The molecule has 1 aliphatic rings. The van der Waals surface area contributed by atoms with Crippen LogP contribution >= 0.6 is 0 Å². The van der Waals surface area contributed by atoms with Gasteiger partial charge < -0.3 is 14.4 Å². The van der Waals surface area contributed by atoms with Gasteiger partial charge in [0.2, 0.25) is 0 Å². The molecule has 1 amide bonds. The van der Waals surface area contributed by atoms with Crippen molar-refractivity contribution in [3.63, 3.8) is 0 Å². The van der Waals surface area contributed by atoms with E-state index in [1.54, 1.807) is 17.0 Å². The largest absolute Gasteiger partial charge is 0.484 e. The summed E-state index contributed by atoms with van der Waals surface area (Å²) in [5, 5.41) is 0. The van der Waals surface area contributed by atoms with Gasteiger partial charge in [-0.25, -0.2) is 4.39 Å². The summed E-state index contributed by atoms with van der Waals surface area (Å²) < 4.78 is 23.5. The molecule has 1 fully saturated rings. The number of morpholine rings is 1. The van der Waals surface area contributed by atoms with Crippen molar-refractivity contribution in [2.24, 2.45) is 0 Å². The zero-order chi connectivity index (χ0) is 13.0. The number of ether oxygens (including phenoxy) is 2. The molecule has 0 spiro atoms. The lowest BCUT2D eigenvalue weighted by Gasteiger charge is -2.31. The molecule has 0 saturated carbocycles. The number of carbonyl (C=O) groups is 1. The molecule has 1 aromatic rings. The number of halogens is 1. The number of hydrogen-bond acceptors (Lipinski definition) is 3. The van der Waals surface area contributed by atoms with Crippen molar-refractivity contribution < 1.29 is 18.7 Å². The van der Waals surface area contributed by atoms with Crippen LogP contribution in [-0.4, -0.2) is 43.2 Å². The van der Waals surface area contributed by atoms with Crippen LogP contribution in [0.1, 0.15) is 6.92 Å². The third-order valence-electron chi connectivity index (χ3n) is 2.75. The van der Waals surface area contributed by atoms with Crippen LogP contribution in [0.4, 0.5) is 4.39 Å². The minimum Gasteiger partial charge on any atom is -0.484 e. The monoisotopic (exact) mass is 253 g/mol. The molecule has 98 valence electrons. The summed E-state index contributed by atoms with van der Waals surface area (Å²) in [6.45, 7) is 3.55. The number of benzene rings is 1. The molecule has 1 unspecified atom stereocenters. The first-order valence-electron chi connectivity index (χ1n) is 5.93. The zero-order valence-corrected chi connectivity index (χ0v) is 10.3. The van der Waals surface area contributed by atoms with E-state index in [0.29, 0.717) is 25.4 Å². The summed E-state index contributed by atoms with van der Waals surface area (Å²) in [5.41, 5.74) is 0. The van der Waals surface area contributed by atoms with Crippen molar-refractivity contribution in [3.8, 4) is 5.75 Å². The summed E-state index contributed by atoms with van der Waals surface area (Å²) in [5.74, 6) is -0.112. The number of rotatable bonds is 3. The highest BCUT2D eigenvalue weighted by molar-refractivity contribution is 5.77. The maximum Gasteiger partial charge on any atom is 0.260 e. The Balaban J connectivity index is 1.84. The fourth-order valence-electron chi connectivity index (χ4n) is 1.84. The van der Waals surface area contributed by atoms with Crippen LogP contribution in [0.5, 0.6) is 5.75 Å². The first kappa shape index (κ1) is 12.8. The molecule has 0 aromatic heterocycles. The lowest BCUT2D eigenvalue weighted by Crippen LogP contribution is -2.46. The molecule has 4 nitrogen and oxygen atoms in total. The van der Waals surface area contributed by atoms with Gasteiger partial charge in [0.05, 0.1) is 12.7 Å². The molecule has 1 heterocycles. The maximum absolute atomic E-state index is 12.9. The van der Waals surface area contributed by atoms with Crippen molar-refractivity contribution in [2.45, 2.75) is 13.0 Å². The predicted molar refractivity (Wildman–Crippen MR) is 63.9 cm³/mol. The molecule has 1 aromatic carbocycles. The van der Waals surface area contributed by atoms with E-state index in [1.165, 1.54) is 12.1 Å². The van der Waals surface area contributed by atoms with Crippen molar-refractivity contribution in [1.29, 1.82) is 0 Å². The Morgan fingerprint density at radius 3 is 3.17 bits per heavy atom. The Morgan fingerprint density at radius 1 is 1.61 bits per heavy atom. The van der Waals surface area contributed by atoms with Gasteiger partial charge in [0.1, 0.15) is 11.6 Å². The van der Waals surface area contributed by atoms with E-state index in [1.807, 2.05) is 6.92 Å². The summed E-state index contributed by atoms with van der Waals surface area (Å²) in [6.07, 6.45) is 0.0527. The van der Waals surface area contributed by atoms with Gasteiger partial charge in [-0.3, -0.25) is 4.79 Å². The number of nitrogens with zero attached hydrogens (tertiary/aromatic N) is 1. The average Bonchev–Trinajstić information content (AvgIpc) is 2.36. The number of amides is 1. The van der Waals surface area contributed by atoms with E-state index in [4.69, 9.17) is 9.47 Å². The normalized spacial score (nSPS) is 19.7. The van der Waals surface area contributed by atoms with E-state index in [0.717, 1.165) is 0 Å². The SMILES string of the molecule is CC1CN(C(=O)COc2cccc(F)c2)CCO1. The van der Waals surface area contributed by atoms with Gasteiger partial charge in [-0.2, -0.15) is 0 Å². The number of carbonyl (C=O) groups excluding carboxylic acids is 1. The van der Waals surface area contributed by atoms with Crippen molar-refractivity contribution in [1.82, 2.24) is 4.90 Å². The van der Waals surface area contributed by atoms with E-state index in [2.05, 4.69) is 0 Å². The molecular formula is C13H16FNO3. The van der Waals surface area contributed by atoms with Crippen LogP contribution in [-0.2, 0) is 9.53 Å². The molecular weight excluding hydrogens is 237 g/mol. The van der Waals surface area contributed by atoms with E-state index in [9.17, 15) is 9.18 Å². The maximum atomic E-state index is 12.9. The van der Waals surface area contributed by atoms with Gasteiger partial charge in [0, 0.05) is 19.2 Å². The Labute approximate surface area is 105 Å². The average molecular weight is 253 g/mol. The van der Waals surface area contributed by atoms with Crippen LogP contribution < -0.4 is 4.74 Å². The highest BCUT2D eigenvalue weighted by Gasteiger charge is 2.21. The predicted octanol–water partition coefficient (Wildman–Crippen LogP) is 1.45. The van der Waals surface area contributed by atoms with Gasteiger partial charge in [-0.1, -0.05) is 6.07 Å². The first-order valence-corrected chi connectivity index (χ1v) is 5.93. The lowest BCUT2D eigenvalue weighted by atomic mass is 10.3. The highest BCUT2D eigenvalue weighted by Crippen LogP contribution is 2.12. The van der Waals surface area contributed by atoms with Crippen LogP contribution in [0.3, 0.4) is 0 Å². The summed E-state index contributed by atoms with van der Waals surface area (Å²) in [6, 6.07) is 5.76. The first-order chi connectivity index (χ1) is 8.65. The van der Waals surface area contributed by atoms with E-state index < -0.39 is 0 Å². The molecule has 0 N–H and O–H groups in total. The minimum atomic E-state index is -0.375. The molecule has 1 saturated heterocycles. The van der Waals surface area contributed by atoms with Crippen LogP contribution in [0, 0.1) is 5.82 Å². The van der Waals surface area contributed by atoms with Crippen molar-refractivity contribution in [2.75, 3.05) is 26.3 Å². The van der Waals surface area contributed by atoms with E-state index >= 15 is 0 Å². The van der Waals surface area contributed by atoms with Gasteiger partial charge in [-0.05, 0) is 19.1 Å². The van der Waals surface area contributed by atoms with Gasteiger partial charge in [-0.15, -0.1) is 0 Å². The van der Waals surface area contributed by atoms with Gasteiger partial charge >= 0.3 is 0 Å². The Morgan fingerprint density at radius 2 is 2.44 bits per heavy atom. The molecule has 18 heavy (non-hydrogen) atoms. The Kier molecular flexibility index (Phi) is 4.15. The van der Waals surface area contributed by atoms with Crippen LogP contribution in [0.25, 0.3) is 0 Å². The standard InChI is InChI=1S/C13H16FNO3/c1-10-8-15(5-6-17-10)13(16)9-18-12-4-2-3-11(14)7-12/h2-4,7,10H,5-6,8-9H2,1H3.